The highest BCUT2D eigenvalue weighted by Crippen LogP contribution is 2.25. The van der Waals surface area contributed by atoms with E-state index in [0.717, 1.165) is 57.3 Å². The van der Waals surface area contributed by atoms with E-state index in [9.17, 15) is 0 Å². The summed E-state index contributed by atoms with van der Waals surface area (Å²) in [7, 11) is 0. The minimum atomic E-state index is 0. The third-order valence-electron chi connectivity index (χ3n) is 5.85. The Bertz CT molecular complexity index is 661. The second kappa shape index (κ2) is 13.4. The molecular formula is C23H40IN5O. The molecule has 0 aliphatic carbocycles. The number of ether oxygens (including phenoxy) is 1. The Morgan fingerprint density at radius 2 is 1.90 bits per heavy atom. The van der Waals surface area contributed by atoms with Gasteiger partial charge in [-0.1, -0.05) is 26.0 Å². The normalized spacial score (nSPS) is 18.3. The minimum absolute atomic E-state index is 0. The van der Waals surface area contributed by atoms with Crippen molar-refractivity contribution in [1.82, 2.24) is 20.4 Å². The standard InChI is InChI=1S/C23H39N5O.HI/c1-4-24-23(25-10-8-20-6-7-22-21(16-20)9-15-29-22)26-17-19(3)18-28-13-11-27(5-2)12-14-28;/h6-7,16,19H,4-5,8-15,17-18H2,1-3H3,(H2,24,25,26);1H. The number of guanidine groups is 1. The van der Waals surface area contributed by atoms with Crippen LogP contribution >= 0.6 is 24.0 Å². The van der Waals surface area contributed by atoms with Crippen molar-refractivity contribution in [2.24, 2.45) is 10.9 Å². The molecule has 0 amide bonds. The predicted octanol–water partition coefficient (Wildman–Crippen LogP) is 2.61. The van der Waals surface area contributed by atoms with Crippen LogP contribution in [-0.4, -0.2) is 81.3 Å². The van der Waals surface area contributed by atoms with Crippen LogP contribution in [0.2, 0.25) is 0 Å². The first-order valence-electron chi connectivity index (χ1n) is 11.4. The van der Waals surface area contributed by atoms with E-state index in [0.29, 0.717) is 5.92 Å². The Kier molecular flexibility index (Phi) is 11.2. The van der Waals surface area contributed by atoms with Crippen molar-refractivity contribution in [2.45, 2.75) is 33.6 Å². The van der Waals surface area contributed by atoms with Gasteiger partial charge in [0.15, 0.2) is 5.96 Å². The fourth-order valence-corrected chi connectivity index (χ4v) is 4.10. The quantitative estimate of drug-likeness (QED) is 0.293. The Labute approximate surface area is 199 Å². The first-order chi connectivity index (χ1) is 14.2. The van der Waals surface area contributed by atoms with Gasteiger partial charge in [0.2, 0.25) is 0 Å². The lowest BCUT2D eigenvalue weighted by Gasteiger charge is -2.35. The van der Waals surface area contributed by atoms with Crippen molar-refractivity contribution < 1.29 is 4.74 Å². The zero-order valence-corrected chi connectivity index (χ0v) is 21.3. The van der Waals surface area contributed by atoms with Crippen LogP contribution in [0, 0.1) is 5.92 Å². The molecule has 6 nitrogen and oxygen atoms in total. The Hall–Kier alpha value is -1.06. The van der Waals surface area contributed by atoms with Gasteiger partial charge in [-0.25, -0.2) is 0 Å². The number of hydrogen-bond acceptors (Lipinski definition) is 4. The number of rotatable bonds is 9. The highest BCUT2D eigenvalue weighted by Gasteiger charge is 2.17. The fourth-order valence-electron chi connectivity index (χ4n) is 4.10. The number of nitrogens with zero attached hydrogens (tertiary/aromatic N) is 3. The molecule has 30 heavy (non-hydrogen) atoms. The molecule has 0 saturated carbocycles. The maximum atomic E-state index is 5.60. The van der Waals surface area contributed by atoms with Gasteiger partial charge in [0.1, 0.15) is 5.75 Å². The monoisotopic (exact) mass is 529 g/mol. The molecule has 7 heteroatoms. The lowest BCUT2D eigenvalue weighted by molar-refractivity contribution is 0.125. The van der Waals surface area contributed by atoms with Crippen LogP contribution < -0.4 is 15.4 Å². The average molecular weight is 530 g/mol. The summed E-state index contributed by atoms with van der Waals surface area (Å²) in [6, 6.07) is 6.57. The number of fused-ring (bicyclic) bond motifs is 1. The van der Waals surface area contributed by atoms with E-state index >= 15 is 0 Å². The SMILES string of the molecule is CCNC(=NCC(C)CN1CCN(CC)CC1)NCCc1ccc2c(c1)CCO2.I. The number of benzene rings is 1. The summed E-state index contributed by atoms with van der Waals surface area (Å²) in [6.07, 6.45) is 2.03. The molecule has 2 N–H and O–H groups in total. The van der Waals surface area contributed by atoms with Gasteiger partial charge in [0, 0.05) is 58.8 Å². The highest BCUT2D eigenvalue weighted by molar-refractivity contribution is 14.0. The highest BCUT2D eigenvalue weighted by atomic mass is 127. The van der Waals surface area contributed by atoms with Crippen molar-refractivity contribution in [3.63, 3.8) is 0 Å². The molecule has 0 aromatic heterocycles. The summed E-state index contributed by atoms with van der Waals surface area (Å²) in [4.78, 5) is 9.95. The molecule has 170 valence electrons. The van der Waals surface area contributed by atoms with E-state index in [1.54, 1.807) is 0 Å². The van der Waals surface area contributed by atoms with E-state index in [4.69, 9.17) is 9.73 Å². The molecule has 2 aliphatic heterocycles. The molecule has 1 atom stereocenters. The average Bonchev–Trinajstić information content (AvgIpc) is 3.20. The number of halogens is 1. The van der Waals surface area contributed by atoms with Crippen molar-refractivity contribution >= 4 is 29.9 Å². The molecule has 1 aromatic rings. The Morgan fingerprint density at radius 3 is 2.63 bits per heavy atom. The number of aliphatic imine (C=N–C) groups is 1. The van der Waals surface area contributed by atoms with Crippen LogP contribution in [0.5, 0.6) is 5.75 Å². The molecule has 3 rings (SSSR count). The topological polar surface area (TPSA) is 52.1 Å². The summed E-state index contributed by atoms with van der Waals surface area (Å²) in [5.41, 5.74) is 2.70. The van der Waals surface area contributed by atoms with Crippen LogP contribution in [0.4, 0.5) is 0 Å². The largest absolute Gasteiger partial charge is 0.493 e. The van der Waals surface area contributed by atoms with Gasteiger partial charge in [-0.2, -0.15) is 0 Å². The lowest BCUT2D eigenvalue weighted by Crippen LogP contribution is -2.47. The van der Waals surface area contributed by atoms with E-state index < -0.39 is 0 Å². The first kappa shape index (κ1) is 25.2. The lowest BCUT2D eigenvalue weighted by atomic mass is 10.1. The summed E-state index contributed by atoms with van der Waals surface area (Å²) in [5.74, 6) is 2.55. The van der Waals surface area contributed by atoms with Gasteiger partial charge in [-0.15, -0.1) is 24.0 Å². The zero-order chi connectivity index (χ0) is 20.5. The van der Waals surface area contributed by atoms with Crippen molar-refractivity contribution in [1.29, 1.82) is 0 Å². The summed E-state index contributed by atoms with van der Waals surface area (Å²) in [6.45, 7) is 17.2. The molecule has 1 unspecified atom stereocenters. The molecular weight excluding hydrogens is 489 g/mol. The maximum Gasteiger partial charge on any atom is 0.191 e. The second-order valence-corrected chi connectivity index (χ2v) is 8.28. The third kappa shape index (κ3) is 7.89. The first-order valence-corrected chi connectivity index (χ1v) is 11.4. The van der Waals surface area contributed by atoms with E-state index in [2.05, 4.69) is 59.4 Å². The van der Waals surface area contributed by atoms with Crippen LogP contribution in [0.15, 0.2) is 23.2 Å². The molecule has 0 radical (unpaired) electrons. The van der Waals surface area contributed by atoms with Crippen molar-refractivity contribution in [2.75, 3.05) is 65.5 Å². The van der Waals surface area contributed by atoms with E-state index in [-0.39, 0.29) is 24.0 Å². The molecule has 0 spiro atoms. The van der Waals surface area contributed by atoms with Gasteiger partial charge in [0.25, 0.3) is 0 Å². The predicted molar refractivity (Wildman–Crippen MR) is 136 cm³/mol. The number of likely N-dealkylation sites (N-methyl/N-ethyl adjacent to an activating group) is 1. The van der Waals surface area contributed by atoms with E-state index in [1.165, 1.54) is 43.9 Å². The van der Waals surface area contributed by atoms with Crippen molar-refractivity contribution in [3.05, 3.63) is 29.3 Å². The van der Waals surface area contributed by atoms with Crippen LogP contribution in [0.25, 0.3) is 0 Å². The summed E-state index contributed by atoms with van der Waals surface area (Å²) >= 11 is 0. The van der Waals surface area contributed by atoms with Gasteiger partial charge in [-0.05, 0) is 43.0 Å². The zero-order valence-electron chi connectivity index (χ0n) is 19.0. The molecule has 1 saturated heterocycles. The molecule has 0 bridgehead atoms. The van der Waals surface area contributed by atoms with Gasteiger partial charge in [0.05, 0.1) is 6.61 Å². The van der Waals surface area contributed by atoms with Crippen LogP contribution in [0.1, 0.15) is 31.9 Å². The molecule has 1 aromatic carbocycles. The Balaban J connectivity index is 0.00000320. The number of hydrogen-bond donors (Lipinski definition) is 2. The van der Waals surface area contributed by atoms with Crippen LogP contribution in [-0.2, 0) is 12.8 Å². The van der Waals surface area contributed by atoms with Gasteiger partial charge < -0.3 is 25.2 Å². The third-order valence-corrected chi connectivity index (χ3v) is 5.85. The summed E-state index contributed by atoms with van der Waals surface area (Å²) < 4.78 is 5.60. The minimum Gasteiger partial charge on any atom is -0.493 e. The number of nitrogens with one attached hydrogen (secondary N) is 2. The Morgan fingerprint density at radius 1 is 1.13 bits per heavy atom. The number of piperazine rings is 1. The van der Waals surface area contributed by atoms with Gasteiger partial charge >= 0.3 is 0 Å². The van der Waals surface area contributed by atoms with Crippen LogP contribution in [0.3, 0.4) is 0 Å². The second-order valence-electron chi connectivity index (χ2n) is 8.28. The molecule has 2 aliphatic rings. The maximum absolute atomic E-state index is 5.60. The smallest absolute Gasteiger partial charge is 0.191 e. The summed E-state index contributed by atoms with van der Waals surface area (Å²) in [5, 5.41) is 6.88. The van der Waals surface area contributed by atoms with E-state index in [1.807, 2.05) is 0 Å². The van der Waals surface area contributed by atoms with Gasteiger partial charge in [-0.3, -0.25) is 4.99 Å². The fraction of sp³-hybridized carbons (Fsp3) is 0.696. The molecule has 1 fully saturated rings. The van der Waals surface area contributed by atoms with Crippen molar-refractivity contribution in [3.8, 4) is 5.75 Å². The molecule has 2 heterocycles.